The summed E-state index contributed by atoms with van der Waals surface area (Å²) in [7, 11) is 0. The maximum Gasteiger partial charge on any atom is 0.233 e. The van der Waals surface area contributed by atoms with Gasteiger partial charge in [-0.2, -0.15) is 0 Å². The zero-order valence-electron chi connectivity index (χ0n) is 18.9. The lowest BCUT2D eigenvalue weighted by Crippen LogP contribution is -2.62. The number of aliphatic hydroxyl groups is 3. The average Bonchev–Trinajstić information content (AvgIpc) is 3.06. The number of nitrogens with one attached hydrogen (secondary N) is 1. The molecule has 4 aliphatic rings. The molecule has 172 valence electrons. The second kappa shape index (κ2) is 8.02. The van der Waals surface area contributed by atoms with Gasteiger partial charge in [0.15, 0.2) is 0 Å². The summed E-state index contributed by atoms with van der Waals surface area (Å²) in [4.78, 5) is 11.6. The van der Waals surface area contributed by atoms with Crippen molar-refractivity contribution in [1.82, 2.24) is 5.43 Å². The Kier molecular flexibility index (Phi) is 6.02. The van der Waals surface area contributed by atoms with Crippen molar-refractivity contribution in [3.63, 3.8) is 0 Å². The van der Waals surface area contributed by atoms with Crippen molar-refractivity contribution in [2.45, 2.75) is 96.9 Å². The van der Waals surface area contributed by atoms with E-state index in [9.17, 15) is 20.1 Å². The van der Waals surface area contributed by atoms with Gasteiger partial charge in [-0.3, -0.25) is 10.2 Å². The number of fused-ring (bicyclic) bond motifs is 5. The molecule has 4 rings (SSSR count). The van der Waals surface area contributed by atoms with Gasteiger partial charge in [0.1, 0.15) is 0 Å². The Bertz CT molecular complexity index is 659. The second-order valence-electron chi connectivity index (χ2n) is 11.6. The van der Waals surface area contributed by atoms with Crippen LogP contribution in [0.5, 0.6) is 0 Å². The van der Waals surface area contributed by atoms with Crippen molar-refractivity contribution in [2.75, 3.05) is 0 Å². The Hall–Kier alpha value is -0.690. The maximum absolute atomic E-state index is 11.6. The molecule has 6 nitrogen and oxygen atoms in total. The minimum absolute atomic E-state index is 0.106. The molecule has 4 fully saturated rings. The van der Waals surface area contributed by atoms with Crippen LogP contribution in [0.3, 0.4) is 0 Å². The molecule has 4 saturated carbocycles. The molecular formula is C24H42N2O4. The fourth-order valence-electron chi connectivity index (χ4n) is 8.76. The molecule has 0 bridgehead atoms. The summed E-state index contributed by atoms with van der Waals surface area (Å²) in [6.45, 7) is 6.82. The van der Waals surface area contributed by atoms with Gasteiger partial charge in [-0.05, 0) is 97.7 Å². The van der Waals surface area contributed by atoms with Crippen molar-refractivity contribution in [1.29, 1.82) is 0 Å². The molecule has 30 heavy (non-hydrogen) atoms. The number of hydrogen-bond acceptors (Lipinski definition) is 5. The summed E-state index contributed by atoms with van der Waals surface area (Å²) in [6, 6.07) is 0. The van der Waals surface area contributed by atoms with E-state index in [1.165, 1.54) is 0 Å². The molecule has 4 aliphatic carbocycles. The summed E-state index contributed by atoms with van der Waals surface area (Å²) in [5.74, 6) is 7.03. The first-order chi connectivity index (χ1) is 14.1. The molecule has 11 atom stereocenters. The molecule has 0 aliphatic heterocycles. The van der Waals surface area contributed by atoms with Crippen LogP contribution < -0.4 is 11.3 Å². The predicted molar refractivity (Wildman–Crippen MR) is 115 cm³/mol. The van der Waals surface area contributed by atoms with Crippen LogP contribution in [0.1, 0.15) is 78.6 Å². The van der Waals surface area contributed by atoms with Crippen molar-refractivity contribution in [3.05, 3.63) is 0 Å². The first-order valence-corrected chi connectivity index (χ1v) is 12.2. The third kappa shape index (κ3) is 3.33. The number of hydrogen-bond donors (Lipinski definition) is 5. The van der Waals surface area contributed by atoms with E-state index in [1.54, 1.807) is 0 Å². The van der Waals surface area contributed by atoms with Crippen LogP contribution in [-0.4, -0.2) is 39.5 Å². The minimum Gasteiger partial charge on any atom is -0.393 e. The highest BCUT2D eigenvalue weighted by molar-refractivity contribution is 5.75. The van der Waals surface area contributed by atoms with Gasteiger partial charge in [0.2, 0.25) is 5.91 Å². The molecule has 0 aromatic carbocycles. The maximum atomic E-state index is 11.6. The molecular weight excluding hydrogens is 380 g/mol. The van der Waals surface area contributed by atoms with Crippen molar-refractivity contribution in [3.8, 4) is 0 Å². The van der Waals surface area contributed by atoms with Gasteiger partial charge in [-0.15, -0.1) is 0 Å². The molecule has 0 aromatic rings. The SMILES string of the molecule is CC(CCC(=O)NN)C1CCC2C3C(C[C@H](O)[C@]12C)[C@@]1(C)CC[C@@H](O)C[C@H]1C[C@H]3O. The van der Waals surface area contributed by atoms with Gasteiger partial charge in [-0.1, -0.05) is 20.8 Å². The second-order valence-corrected chi connectivity index (χ2v) is 11.6. The zero-order valence-corrected chi connectivity index (χ0v) is 18.9. The summed E-state index contributed by atoms with van der Waals surface area (Å²) >= 11 is 0. The van der Waals surface area contributed by atoms with Crippen LogP contribution in [0, 0.1) is 46.3 Å². The van der Waals surface area contributed by atoms with E-state index in [4.69, 9.17) is 5.84 Å². The molecule has 0 aromatic heterocycles. The number of carbonyl (C=O) groups is 1. The normalized spacial score (nSPS) is 51.4. The fourth-order valence-corrected chi connectivity index (χ4v) is 8.76. The molecule has 5 unspecified atom stereocenters. The van der Waals surface area contributed by atoms with E-state index < -0.39 is 0 Å². The van der Waals surface area contributed by atoms with Crippen LogP contribution in [0.25, 0.3) is 0 Å². The molecule has 6 heteroatoms. The Labute approximate surface area is 181 Å². The van der Waals surface area contributed by atoms with Crippen LogP contribution in [0.4, 0.5) is 0 Å². The van der Waals surface area contributed by atoms with Gasteiger partial charge >= 0.3 is 0 Å². The lowest BCUT2D eigenvalue weighted by Gasteiger charge is -2.63. The molecule has 0 heterocycles. The van der Waals surface area contributed by atoms with Crippen molar-refractivity contribution in [2.24, 2.45) is 52.2 Å². The Morgan fingerprint density at radius 1 is 1.10 bits per heavy atom. The lowest BCUT2D eigenvalue weighted by molar-refractivity contribution is -0.207. The number of hydrazine groups is 1. The molecule has 0 spiro atoms. The third-order valence-electron chi connectivity index (χ3n) is 10.5. The number of carbonyl (C=O) groups excluding carboxylic acids is 1. The smallest absolute Gasteiger partial charge is 0.233 e. The lowest BCUT2D eigenvalue weighted by atomic mass is 9.43. The van der Waals surface area contributed by atoms with Gasteiger partial charge in [0.05, 0.1) is 18.3 Å². The molecule has 0 radical (unpaired) electrons. The highest BCUT2D eigenvalue weighted by Crippen LogP contribution is 2.68. The third-order valence-corrected chi connectivity index (χ3v) is 10.5. The summed E-state index contributed by atoms with van der Waals surface area (Å²) < 4.78 is 0. The van der Waals surface area contributed by atoms with Gasteiger partial charge in [-0.25, -0.2) is 5.84 Å². The average molecular weight is 423 g/mol. The van der Waals surface area contributed by atoms with E-state index in [0.29, 0.717) is 36.0 Å². The quantitative estimate of drug-likeness (QED) is 0.271. The number of nitrogens with two attached hydrogens (primary N) is 1. The zero-order chi connectivity index (χ0) is 21.8. The monoisotopic (exact) mass is 422 g/mol. The van der Waals surface area contributed by atoms with E-state index >= 15 is 0 Å². The highest BCUT2D eigenvalue weighted by Gasteiger charge is 2.65. The van der Waals surface area contributed by atoms with Crippen LogP contribution in [0.2, 0.25) is 0 Å². The molecule has 1 amide bonds. The molecule has 0 saturated heterocycles. The van der Waals surface area contributed by atoms with E-state index in [-0.39, 0.29) is 41.0 Å². The number of rotatable bonds is 4. The first kappa shape index (κ1) is 22.5. The number of amides is 1. The van der Waals surface area contributed by atoms with Crippen LogP contribution in [0.15, 0.2) is 0 Å². The first-order valence-electron chi connectivity index (χ1n) is 12.2. The Morgan fingerprint density at radius 2 is 1.83 bits per heavy atom. The van der Waals surface area contributed by atoms with Gasteiger partial charge in [0.25, 0.3) is 0 Å². The topological polar surface area (TPSA) is 116 Å². The minimum atomic E-state index is -0.378. The van der Waals surface area contributed by atoms with Crippen LogP contribution >= 0.6 is 0 Å². The largest absolute Gasteiger partial charge is 0.393 e. The van der Waals surface area contributed by atoms with Crippen molar-refractivity contribution >= 4 is 5.91 Å². The van der Waals surface area contributed by atoms with Crippen LogP contribution in [-0.2, 0) is 4.79 Å². The standard InChI is InChI=1S/C24H42N2O4/c1-13(4-7-21(30)26-25)16-5-6-17-22-18(12-20(29)24(16,17)3)23(2)9-8-15(27)10-14(23)11-19(22)28/h13-20,22,27-29H,4-12,25H2,1-3H3,(H,26,30)/t13?,14-,15+,16?,17?,18?,19+,20-,22?,23-,24+/m0/s1. The van der Waals surface area contributed by atoms with Gasteiger partial charge < -0.3 is 15.3 Å². The van der Waals surface area contributed by atoms with Gasteiger partial charge in [0, 0.05) is 6.42 Å². The summed E-state index contributed by atoms with van der Waals surface area (Å²) in [5.41, 5.74) is 2.12. The highest BCUT2D eigenvalue weighted by atomic mass is 16.3. The van der Waals surface area contributed by atoms with E-state index in [1.807, 2.05) is 0 Å². The Balaban J connectivity index is 1.58. The Morgan fingerprint density at radius 3 is 2.53 bits per heavy atom. The predicted octanol–water partition coefficient (Wildman–Crippen LogP) is 2.35. The summed E-state index contributed by atoms with van der Waals surface area (Å²) in [6.07, 6.45) is 6.50. The fraction of sp³-hybridized carbons (Fsp3) is 0.958. The van der Waals surface area contributed by atoms with E-state index in [2.05, 4.69) is 26.2 Å². The van der Waals surface area contributed by atoms with Crippen molar-refractivity contribution < 1.29 is 20.1 Å². The van der Waals surface area contributed by atoms with E-state index in [0.717, 1.165) is 51.4 Å². The summed E-state index contributed by atoms with van der Waals surface area (Å²) in [5, 5.41) is 33.1. The molecule has 6 N–H and O–H groups in total. The number of aliphatic hydroxyl groups excluding tert-OH is 3.